The second-order valence-corrected chi connectivity index (χ2v) is 4.37. The van der Waals surface area contributed by atoms with E-state index in [1.165, 1.54) is 0 Å². The lowest BCUT2D eigenvalue weighted by atomic mass is 10.1. The van der Waals surface area contributed by atoms with Crippen molar-refractivity contribution in [2.75, 3.05) is 6.54 Å². The van der Waals surface area contributed by atoms with E-state index in [2.05, 4.69) is 29.3 Å². The van der Waals surface area contributed by atoms with E-state index < -0.39 is 0 Å². The molecular formula is C16H19N3. The third-order valence-corrected chi connectivity index (χ3v) is 3.02. The number of nitrogens with zero attached hydrogens (tertiary/aromatic N) is 2. The van der Waals surface area contributed by atoms with Gasteiger partial charge in [-0.3, -0.25) is 0 Å². The van der Waals surface area contributed by atoms with Crippen LogP contribution >= 0.6 is 0 Å². The monoisotopic (exact) mass is 253 g/mol. The first-order chi connectivity index (χ1) is 9.35. The Bertz CT molecular complexity index is 537. The third-order valence-electron chi connectivity index (χ3n) is 3.02. The molecule has 3 heteroatoms. The van der Waals surface area contributed by atoms with Crippen molar-refractivity contribution in [1.82, 2.24) is 15.1 Å². The van der Waals surface area contributed by atoms with Crippen molar-refractivity contribution < 1.29 is 0 Å². The Hall–Kier alpha value is -2.05. The zero-order valence-corrected chi connectivity index (χ0v) is 11.2. The molecule has 98 valence electrons. The van der Waals surface area contributed by atoms with Gasteiger partial charge in [-0.2, -0.15) is 5.10 Å². The lowest BCUT2D eigenvalue weighted by Gasteiger charge is -2.14. The second-order valence-electron chi connectivity index (χ2n) is 4.37. The molecule has 0 aliphatic heterocycles. The molecule has 2 rings (SSSR count). The Balaban J connectivity index is 2.16. The van der Waals surface area contributed by atoms with Gasteiger partial charge in [0.1, 0.15) is 0 Å². The highest BCUT2D eigenvalue weighted by Gasteiger charge is 2.12. The summed E-state index contributed by atoms with van der Waals surface area (Å²) in [6.07, 6.45) is 9.01. The van der Waals surface area contributed by atoms with Crippen LogP contribution < -0.4 is 5.32 Å². The van der Waals surface area contributed by atoms with Crippen molar-refractivity contribution in [3.8, 4) is 18.0 Å². The largest absolute Gasteiger partial charge is 0.309 e. The fourth-order valence-corrected chi connectivity index (χ4v) is 2.08. The minimum absolute atomic E-state index is 0.228. The van der Waals surface area contributed by atoms with Gasteiger partial charge in [0.2, 0.25) is 0 Å². The molecule has 0 aliphatic rings. The molecular weight excluding hydrogens is 234 g/mol. The number of benzene rings is 1. The fourth-order valence-electron chi connectivity index (χ4n) is 2.08. The van der Waals surface area contributed by atoms with E-state index in [4.69, 9.17) is 6.42 Å². The van der Waals surface area contributed by atoms with Gasteiger partial charge in [0, 0.05) is 12.6 Å². The van der Waals surface area contributed by atoms with Crippen molar-refractivity contribution in [1.29, 1.82) is 0 Å². The number of hydrogen-bond donors (Lipinski definition) is 1. The fraction of sp³-hybridized carbons (Fsp3) is 0.312. The average Bonchev–Trinajstić information content (AvgIpc) is 2.94. The van der Waals surface area contributed by atoms with Crippen LogP contribution in [-0.4, -0.2) is 16.3 Å². The number of nitrogens with one attached hydrogen (secondary N) is 1. The summed E-state index contributed by atoms with van der Waals surface area (Å²) < 4.78 is 1.90. The van der Waals surface area contributed by atoms with Crippen molar-refractivity contribution in [2.45, 2.75) is 25.8 Å². The number of para-hydroxylation sites is 1. The third kappa shape index (κ3) is 3.46. The van der Waals surface area contributed by atoms with Gasteiger partial charge >= 0.3 is 0 Å². The number of rotatable bonds is 6. The Morgan fingerprint density at radius 2 is 2.11 bits per heavy atom. The molecule has 0 saturated heterocycles. The molecule has 3 nitrogen and oxygen atoms in total. The maximum Gasteiger partial charge on any atom is 0.0798 e. The summed E-state index contributed by atoms with van der Waals surface area (Å²) in [6.45, 7) is 3.00. The zero-order valence-electron chi connectivity index (χ0n) is 11.2. The molecule has 1 heterocycles. The summed E-state index contributed by atoms with van der Waals surface area (Å²) in [6, 6.07) is 12.4. The van der Waals surface area contributed by atoms with Crippen molar-refractivity contribution in [3.63, 3.8) is 0 Å². The van der Waals surface area contributed by atoms with Crippen molar-refractivity contribution in [3.05, 3.63) is 48.3 Å². The van der Waals surface area contributed by atoms with E-state index in [9.17, 15) is 0 Å². The van der Waals surface area contributed by atoms with Gasteiger partial charge in [0.15, 0.2) is 0 Å². The highest BCUT2D eigenvalue weighted by atomic mass is 15.3. The predicted molar refractivity (Wildman–Crippen MR) is 78.0 cm³/mol. The van der Waals surface area contributed by atoms with Crippen LogP contribution in [0.2, 0.25) is 0 Å². The van der Waals surface area contributed by atoms with E-state index in [1.807, 2.05) is 41.2 Å². The molecule has 0 amide bonds. The summed E-state index contributed by atoms with van der Waals surface area (Å²) in [5.74, 6) is 2.69. The Kier molecular flexibility index (Phi) is 4.77. The molecule has 0 bridgehead atoms. The number of hydrogen-bond acceptors (Lipinski definition) is 2. The lowest BCUT2D eigenvalue weighted by molar-refractivity contribution is 0.507. The molecule has 1 N–H and O–H groups in total. The van der Waals surface area contributed by atoms with Gasteiger partial charge in [0.05, 0.1) is 17.4 Å². The highest BCUT2D eigenvalue weighted by molar-refractivity contribution is 5.30. The summed E-state index contributed by atoms with van der Waals surface area (Å²) in [5.41, 5.74) is 2.11. The maximum atomic E-state index is 5.34. The molecule has 1 unspecified atom stereocenters. The first-order valence-corrected chi connectivity index (χ1v) is 6.63. The molecule has 0 saturated carbocycles. The normalized spacial score (nSPS) is 12.0. The topological polar surface area (TPSA) is 29.9 Å². The smallest absolute Gasteiger partial charge is 0.0798 e. The van der Waals surface area contributed by atoms with E-state index in [0.717, 1.165) is 30.8 Å². The van der Waals surface area contributed by atoms with E-state index in [-0.39, 0.29) is 6.04 Å². The summed E-state index contributed by atoms with van der Waals surface area (Å²) in [7, 11) is 0. The molecule has 0 fully saturated rings. The quantitative estimate of drug-likeness (QED) is 0.802. The van der Waals surface area contributed by atoms with Crippen LogP contribution in [0.3, 0.4) is 0 Å². The molecule has 1 atom stereocenters. The van der Waals surface area contributed by atoms with E-state index in [1.54, 1.807) is 0 Å². The van der Waals surface area contributed by atoms with E-state index >= 15 is 0 Å². The zero-order chi connectivity index (χ0) is 13.5. The van der Waals surface area contributed by atoms with Gasteiger partial charge in [-0.15, -0.1) is 12.3 Å². The summed E-state index contributed by atoms with van der Waals surface area (Å²) in [4.78, 5) is 0. The van der Waals surface area contributed by atoms with Gasteiger partial charge in [-0.25, -0.2) is 4.68 Å². The van der Waals surface area contributed by atoms with Gasteiger partial charge in [-0.1, -0.05) is 25.1 Å². The molecule has 1 aromatic carbocycles. The van der Waals surface area contributed by atoms with Crippen molar-refractivity contribution in [2.24, 2.45) is 0 Å². The minimum Gasteiger partial charge on any atom is -0.309 e. The van der Waals surface area contributed by atoms with Crippen molar-refractivity contribution >= 4 is 0 Å². The standard InChI is InChI=1S/C16H19N3/c1-3-5-11-15(17-4-2)16-12-13-19(18-16)14-9-7-6-8-10-14/h1,6-10,12-13,15,17H,4-5,11H2,2H3. The second kappa shape index (κ2) is 6.77. The van der Waals surface area contributed by atoms with Crippen LogP contribution in [0.25, 0.3) is 5.69 Å². The summed E-state index contributed by atoms with van der Waals surface area (Å²) in [5, 5.41) is 8.07. The average molecular weight is 253 g/mol. The minimum atomic E-state index is 0.228. The number of terminal acetylenes is 1. The van der Waals surface area contributed by atoms with Crippen LogP contribution in [0.1, 0.15) is 31.5 Å². The van der Waals surface area contributed by atoms with Crippen LogP contribution in [0.4, 0.5) is 0 Å². The predicted octanol–water partition coefficient (Wildman–Crippen LogP) is 2.94. The molecule has 0 spiro atoms. The lowest BCUT2D eigenvalue weighted by Crippen LogP contribution is -2.21. The molecule has 0 radical (unpaired) electrons. The van der Waals surface area contributed by atoms with Crippen LogP contribution in [0.5, 0.6) is 0 Å². The molecule has 2 aromatic rings. The number of aromatic nitrogens is 2. The molecule has 1 aromatic heterocycles. The van der Waals surface area contributed by atoms with Crippen LogP contribution in [-0.2, 0) is 0 Å². The molecule has 0 aliphatic carbocycles. The van der Waals surface area contributed by atoms with Crippen LogP contribution in [0, 0.1) is 12.3 Å². The van der Waals surface area contributed by atoms with Gasteiger partial charge in [-0.05, 0) is 31.2 Å². The van der Waals surface area contributed by atoms with E-state index in [0.29, 0.717) is 0 Å². The first-order valence-electron chi connectivity index (χ1n) is 6.63. The Morgan fingerprint density at radius 1 is 1.32 bits per heavy atom. The summed E-state index contributed by atoms with van der Waals surface area (Å²) >= 11 is 0. The van der Waals surface area contributed by atoms with Crippen LogP contribution in [0.15, 0.2) is 42.6 Å². The van der Waals surface area contributed by atoms with Gasteiger partial charge in [0.25, 0.3) is 0 Å². The first kappa shape index (κ1) is 13.4. The SMILES string of the molecule is C#CCCC(NCC)c1ccn(-c2ccccc2)n1. The Morgan fingerprint density at radius 3 is 2.79 bits per heavy atom. The Labute approximate surface area is 114 Å². The van der Waals surface area contributed by atoms with Gasteiger partial charge < -0.3 is 5.32 Å². The molecule has 19 heavy (non-hydrogen) atoms. The highest BCUT2D eigenvalue weighted by Crippen LogP contribution is 2.17. The maximum absolute atomic E-state index is 5.34.